The lowest BCUT2D eigenvalue weighted by Gasteiger charge is -2.31. The molecule has 4 rings (SSSR count). The van der Waals surface area contributed by atoms with E-state index in [9.17, 15) is 9.59 Å². The predicted octanol–water partition coefficient (Wildman–Crippen LogP) is 4.11. The van der Waals surface area contributed by atoms with E-state index in [2.05, 4.69) is 15.6 Å². The maximum absolute atomic E-state index is 13.1. The summed E-state index contributed by atoms with van der Waals surface area (Å²) in [4.78, 5) is 28.3. The standard InChI is InChI=1S/C22H26N4O4S/c1-13(2)20-19(14(3)29-25-20)22(28)26-8-6-15(7-9-26)17-11-18(30-24-17)21(27)23-12-16-5-4-10-31-16/h4-5,10-11,13,15H,6-9,12H2,1-3H3,(H,23,27). The molecule has 3 aromatic rings. The molecule has 1 saturated heterocycles. The Kier molecular flexibility index (Phi) is 6.22. The van der Waals surface area contributed by atoms with Crippen molar-refractivity contribution in [3.05, 3.63) is 56.9 Å². The first kappa shape index (κ1) is 21.3. The predicted molar refractivity (Wildman–Crippen MR) is 115 cm³/mol. The highest BCUT2D eigenvalue weighted by Crippen LogP contribution is 2.30. The lowest BCUT2D eigenvalue weighted by Crippen LogP contribution is -2.38. The number of hydrogen-bond acceptors (Lipinski definition) is 7. The van der Waals surface area contributed by atoms with Gasteiger partial charge in [-0.2, -0.15) is 0 Å². The lowest BCUT2D eigenvalue weighted by molar-refractivity contribution is 0.0707. The number of carbonyl (C=O) groups excluding carboxylic acids is 2. The van der Waals surface area contributed by atoms with Gasteiger partial charge in [0, 0.05) is 30.0 Å². The lowest BCUT2D eigenvalue weighted by atomic mass is 9.92. The smallest absolute Gasteiger partial charge is 0.290 e. The number of nitrogens with one attached hydrogen (secondary N) is 1. The Morgan fingerprint density at radius 3 is 2.71 bits per heavy atom. The van der Waals surface area contributed by atoms with Crippen LogP contribution in [-0.4, -0.2) is 40.1 Å². The number of aromatic nitrogens is 2. The third-order valence-corrected chi connectivity index (χ3v) is 6.48. The summed E-state index contributed by atoms with van der Waals surface area (Å²) in [7, 11) is 0. The molecule has 0 bridgehead atoms. The minimum absolute atomic E-state index is 0.0327. The molecule has 0 atom stereocenters. The van der Waals surface area contributed by atoms with Gasteiger partial charge in [0.2, 0.25) is 5.76 Å². The van der Waals surface area contributed by atoms with Crippen molar-refractivity contribution < 1.29 is 18.6 Å². The van der Waals surface area contributed by atoms with Gasteiger partial charge in [0.25, 0.3) is 11.8 Å². The molecule has 8 nitrogen and oxygen atoms in total. The van der Waals surface area contributed by atoms with Crippen LogP contribution in [0.2, 0.25) is 0 Å². The van der Waals surface area contributed by atoms with Crippen LogP contribution in [0.15, 0.2) is 32.6 Å². The van der Waals surface area contributed by atoms with E-state index in [-0.39, 0.29) is 29.4 Å². The summed E-state index contributed by atoms with van der Waals surface area (Å²) in [6.45, 7) is 7.46. The molecule has 1 fully saturated rings. The summed E-state index contributed by atoms with van der Waals surface area (Å²) in [6.07, 6.45) is 1.52. The number of likely N-dealkylation sites (tertiary alicyclic amines) is 1. The minimum atomic E-state index is -0.274. The molecule has 2 amide bonds. The molecule has 9 heteroatoms. The van der Waals surface area contributed by atoms with Crippen LogP contribution in [0.1, 0.15) is 81.5 Å². The van der Waals surface area contributed by atoms with Gasteiger partial charge < -0.3 is 19.3 Å². The summed E-state index contributed by atoms with van der Waals surface area (Å²) >= 11 is 1.59. The van der Waals surface area contributed by atoms with Gasteiger partial charge in [0.15, 0.2) is 0 Å². The molecule has 1 aliphatic rings. The van der Waals surface area contributed by atoms with Gasteiger partial charge in [-0.3, -0.25) is 9.59 Å². The summed E-state index contributed by atoms with van der Waals surface area (Å²) in [6, 6.07) is 5.63. The van der Waals surface area contributed by atoms with E-state index in [1.54, 1.807) is 24.3 Å². The number of amides is 2. The molecule has 0 aliphatic carbocycles. The van der Waals surface area contributed by atoms with E-state index in [0.717, 1.165) is 23.4 Å². The molecule has 4 heterocycles. The topological polar surface area (TPSA) is 101 Å². The van der Waals surface area contributed by atoms with Gasteiger partial charge in [0.1, 0.15) is 11.3 Å². The molecule has 164 valence electrons. The molecule has 0 radical (unpaired) electrons. The Morgan fingerprint density at radius 2 is 2.03 bits per heavy atom. The van der Waals surface area contributed by atoms with E-state index >= 15 is 0 Å². The fourth-order valence-electron chi connectivity index (χ4n) is 3.84. The zero-order valence-corrected chi connectivity index (χ0v) is 18.7. The van der Waals surface area contributed by atoms with Crippen LogP contribution in [-0.2, 0) is 6.54 Å². The van der Waals surface area contributed by atoms with Crippen LogP contribution in [0.25, 0.3) is 0 Å². The molecule has 3 aromatic heterocycles. The molecule has 0 saturated carbocycles. The first-order valence-electron chi connectivity index (χ1n) is 10.5. The average Bonchev–Trinajstić information content (AvgIpc) is 3.52. The fraction of sp³-hybridized carbons (Fsp3) is 0.455. The molecule has 0 spiro atoms. The Hall–Kier alpha value is -2.94. The monoisotopic (exact) mass is 442 g/mol. The highest BCUT2D eigenvalue weighted by Gasteiger charge is 2.31. The third-order valence-electron chi connectivity index (χ3n) is 5.61. The van der Waals surface area contributed by atoms with Gasteiger partial charge in [-0.1, -0.05) is 30.2 Å². The number of hydrogen-bond donors (Lipinski definition) is 1. The molecule has 0 unspecified atom stereocenters. The van der Waals surface area contributed by atoms with Crippen molar-refractivity contribution in [2.24, 2.45) is 0 Å². The zero-order valence-electron chi connectivity index (χ0n) is 17.9. The van der Waals surface area contributed by atoms with Crippen molar-refractivity contribution in [1.29, 1.82) is 0 Å². The third kappa shape index (κ3) is 4.56. The highest BCUT2D eigenvalue weighted by atomic mass is 32.1. The van der Waals surface area contributed by atoms with Crippen molar-refractivity contribution in [3.63, 3.8) is 0 Å². The van der Waals surface area contributed by atoms with E-state index in [0.29, 0.717) is 36.7 Å². The van der Waals surface area contributed by atoms with Gasteiger partial charge in [-0.15, -0.1) is 11.3 Å². The quantitative estimate of drug-likeness (QED) is 0.617. The van der Waals surface area contributed by atoms with Crippen molar-refractivity contribution in [3.8, 4) is 0 Å². The average molecular weight is 443 g/mol. The fourth-order valence-corrected chi connectivity index (χ4v) is 4.48. The summed E-state index contributed by atoms with van der Waals surface area (Å²) in [5.74, 6) is 0.740. The Bertz CT molecular complexity index is 1050. The normalized spacial score (nSPS) is 14.9. The van der Waals surface area contributed by atoms with Gasteiger partial charge in [-0.25, -0.2) is 0 Å². The van der Waals surface area contributed by atoms with Gasteiger partial charge in [0.05, 0.1) is 17.9 Å². The van der Waals surface area contributed by atoms with Gasteiger partial charge in [-0.05, 0) is 37.1 Å². The first-order valence-corrected chi connectivity index (χ1v) is 11.3. The van der Waals surface area contributed by atoms with Crippen LogP contribution in [0.5, 0.6) is 0 Å². The largest absolute Gasteiger partial charge is 0.361 e. The van der Waals surface area contributed by atoms with Crippen LogP contribution >= 0.6 is 11.3 Å². The van der Waals surface area contributed by atoms with Crippen LogP contribution in [0, 0.1) is 6.92 Å². The number of nitrogens with zero attached hydrogens (tertiary/aromatic N) is 3. The molecule has 31 heavy (non-hydrogen) atoms. The van der Waals surface area contributed by atoms with Crippen molar-refractivity contribution in [1.82, 2.24) is 20.5 Å². The molecule has 0 aromatic carbocycles. The summed E-state index contributed by atoms with van der Waals surface area (Å²) in [5.41, 5.74) is 2.05. The SMILES string of the molecule is Cc1onc(C(C)C)c1C(=O)N1CCC(c2cc(C(=O)NCc3cccs3)on2)CC1. The maximum atomic E-state index is 13.1. The van der Waals surface area contributed by atoms with Crippen LogP contribution in [0.3, 0.4) is 0 Å². The molecule has 1 N–H and O–H groups in total. The Balaban J connectivity index is 1.34. The number of rotatable bonds is 6. The number of carbonyl (C=O) groups is 2. The molecular weight excluding hydrogens is 416 g/mol. The maximum Gasteiger partial charge on any atom is 0.290 e. The second-order valence-electron chi connectivity index (χ2n) is 8.10. The van der Waals surface area contributed by atoms with Gasteiger partial charge >= 0.3 is 0 Å². The second kappa shape index (κ2) is 9.05. The molecule has 1 aliphatic heterocycles. The van der Waals surface area contributed by atoms with E-state index in [1.165, 1.54) is 0 Å². The van der Waals surface area contributed by atoms with Crippen molar-refractivity contribution in [2.75, 3.05) is 13.1 Å². The second-order valence-corrected chi connectivity index (χ2v) is 9.13. The highest BCUT2D eigenvalue weighted by molar-refractivity contribution is 7.09. The minimum Gasteiger partial charge on any atom is -0.361 e. The summed E-state index contributed by atoms with van der Waals surface area (Å²) in [5, 5.41) is 13.0. The zero-order chi connectivity index (χ0) is 22.0. The molecular formula is C22H26N4O4S. The van der Waals surface area contributed by atoms with E-state index < -0.39 is 0 Å². The Morgan fingerprint density at radius 1 is 1.26 bits per heavy atom. The van der Waals surface area contributed by atoms with Crippen molar-refractivity contribution in [2.45, 2.75) is 52.0 Å². The van der Waals surface area contributed by atoms with Crippen LogP contribution in [0.4, 0.5) is 0 Å². The Labute approximate surface area is 184 Å². The summed E-state index contributed by atoms with van der Waals surface area (Å²) < 4.78 is 10.6. The van der Waals surface area contributed by atoms with E-state index in [1.807, 2.05) is 36.3 Å². The number of aryl methyl sites for hydroxylation is 1. The number of thiophene rings is 1. The van der Waals surface area contributed by atoms with Crippen LogP contribution < -0.4 is 5.32 Å². The van der Waals surface area contributed by atoms with E-state index in [4.69, 9.17) is 9.05 Å². The number of piperidine rings is 1. The first-order chi connectivity index (χ1) is 14.9. The van der Waals surface area contributed by atoms with Crippen molar-refractivity contribution >= 4 is 23.2 Å².